The Bertz CT molecular complexity index is 312. The first-order valence-electron chi connectivity index (χ1n) is 4.81. The molecule has 0 spiro atoms. The SMILES string of the molecule is CCOC(=O)C1(S(C)(=O)=O)CCCC1. The lowest BCUT2D eigenvalue weighted by atomic mass is 10.1. The predicted octanol–water partition coefficient (Wildman–Crippen LogP) is 0.907. The smallest absolute Gasteiger partial charge is 0.327 e. The minimum atomic E-state index is -3.36. The Morgan fingerprint density at radius 1 is 1.36 bits per heavy atom. The Kier molecular flexibility index (Phi) is 3.19. The van der Waals surface area contributed by atoms with Gasteiger partial charge in [0.1, 0.15) is 0 Å². The summed E-state index contributed by atoms with van der Waals surface area (Å²) in [4.78, 5) is 11.6. The fraction of sp³-hybridized carbons (Fsp3) is 0.889. The topological polar surface area (TPSA) is 60.4 Å². The Morgan fingerprint density at radius 3 is 2.21 bits per heavy atom. The number of sulfone groups is 1. The number of hydrogen-bond donors (Lipinski definition) is 0. The lowest BCUT2D eigenvalue weighted by molar-refractivity contribution is -0.146. The summed E-state index contributed by atoms with van der Waals surface area (Å²) < 4.78 is 26.7. The molecule has 1 saturated carbocycles. The summed E-state index contributed by atoms with van der Waals surface area (Å²) in [6.45, 7) is 1.92. The molecule has 4 nitrogen and oxygen atoms in total. The highest BCUT2D eigenvalue weighted by Gasteiger charge is 2.51. The van der Waals surface area contributed by atoms with Gasteiger partial charge >= 0.3 is 5.97 Å². The van der Waals surface area contributed by atoms with E-state index in [1.165, 1.54) is 0 Å². The molecule has 1 rings (SSSR count). The molecule has 0 saturated heterocycles. The van der Waals surface area contributed by atoms with Crippen LogP contribution in [0.5, 0.6) is 0 Å². The second-order valence-electron chi connectivity index (χ2n) is 3.69. The highest BCUT2D eigenvalue weighted by Crippen LogP contribution is 2.37. The minimum Gasteiger partial charge on any atom is -0.465 e. The van der Waals surface area contributed by atoms with Crippen molar-refractivity contribution in [1.82, 2.24) is 0 Å². The molecular formula is C9H16O4S. The molecule has 0 aliphatic heterocycles. The molecule has 0 aromatic heterocycles. The van der Waals surface area contributed by atoms with Crippen LogP contribution in [0.1, 0.15) is 32.6 Å². The number of carbonyl (C=O) groups excluding carboxylic acids is 1. The third kappa shape index (κ3) is 1.78. The van der Waals surface area contributed by atoms with Gasteiger partial charge < -0.3 is 4.74 Å². The molecule has 0 aromatic rings. The predicted molar refractivity (Wildman–Crippen MR) is 52.7 cm³/mol. The molecule has 0 radical (unpaired) electrons. The molecule has 0 N–H and O–H groups in total. The summed E-state index contributed by atoms with van der Waals surface area (Å²) in [5, 5.41) is 0. The van der Waals surface area contributed by atoms with Crippen molar-refractivity contribution in [2.24, 2.45) is 0 Å². The van der Waals surface area contributed by atoms with E-state index in [0.29, 0.717) is 12.8 Å². The van der Waals surface area contributed by atoms with E-state index in [1.807, 2.05) is 0 Å². The summed E-state index contributed by atoms with van der Waals surface area (Å²) in [7, 11) is -3.36. The maximum Gasteiger partial charge on any atom is 0.327 e. The van der Waals surface area contributed by atoms with Gasteiger partial charge in [-0.05, 0) is 19.8 Å². The zero-order valence-electron chi connectivity index (χ0n) is 8.58. The first-order chi connectivity index (χ1) is 6.44. The highest BCUT2D eigenvalue weighted by molar-refractivity contribution is 7.92. The summed E-state index contributed by atoms with van der Waals surface area (Å²) in [5.41, 5.74) is 0. The van der Waals surface area contributed by atoms with Crippen molar-refractivity contribution in [3.63, 3.8) is 0 Å². The van der Waals surface area contributed by atoms with Gasteiger partial charge in [0.05, 0.1) is 6.61 Å². The van der Waals surface area contributed by atoms with Gasteiger partial charge in [-0.1, -0.05) is 12.8 Å². The van der Waals surface area contributed by atoms with Crippen LogP contribution in [0.25, 0.3) is 0 Å². The molecule has 0 atom stereocenters. The van der Waals surface area contributed by atoms with Crippen LogP contribution in [-0.4, -0.2) is 32.0 Å². The van der Waals surface area contributed by atoms with Gasteiger partial charge in [0.2, 0.25) is 0 Å². The number of ether oxygens (including phenoxy) is 1. The van der Waals surface area contributed by atoms with Gasteiger partial charge in [-0.25, -0.2) is 8.42 Å². The van der Waals surface area contributed by atoms with Gasteiger partial charge in [0, 0.05) is 6.26 Å². The lowest BCUT2D eigenvalue weighted by Crippen LogP contribution is -2.44. The second-order valence-corrected chi connectivity index (χ2v) is 6.02. The molecule has 0 bridgehead atoms. The standard InChI is InChI=1S/C9H16O4S/c1-3-13-8(10)9(14(2,11)12)6-4-5-7-9/h3-7H2,1-2H3. The molecular weight excluding hydrogens is 204 g/mol. The van der Waals surface area contributed by atoms with E-state index in [4.69, 9.17) is 4.74 Å². The molecule has 0 aromatic carbocycles. The zero-order chi connectivity index (χ0) is 10.8. The molecule has 82 valence electrons. The summed E-state index contributed by atoms with van der Waals surface area (Å²) in [6.07, 6.45) is 3.50. The van der Waals surface area contributed by atoms with Crippen molar-refractivity contribution in [3.05, 3.63) is 0 Å². The number of carbonyl (C=O) groups is 1. The third-order valence-electron chi connectivity index (χ3n) is 2.77. The Balaban J connectivity index is 3.00. The van der Waals surface area contributed by atoms with Gasteiger partial charge in [0.15, 0.2) is 14.6 Å². The van der Waals surface area contributed by atoms with Crippen LogP contribution in [0.4, 0.5) is 0 Å². The maximum absolute atomic E-state index is 11.6. The fourth-order valence-corrected chi connectivity index (χ4v) is 3.33. The van der Waals surface area contributed by atoms with Crippen LogP contribution in [0, 0.1) is 0 Å². The second kappa shape index (κ2) is 3.88. The molecule has 0 heterocycles. The lowest BCUT2D eigenvalue weighted by Gasteiger charge is -2.23. The van der Waals surface area contributed by atoms with Crippen LogP contribution in [-0.2, 0) is 19.4 Å². The van der Waals surface area contributed by atoms with Crippen LogP contribution in [0.2, 0.25) is 0 Å². The number of hydrogen-bond acceptors (Lipinski definition) is 4. The van der Waals surface area contributed by atoms with Crippen LogP contribution in [0.15, 0.2) is 0 Å². The Hall–Kier alpha value is -0.580. The number of esters is 1. The van der Waals surface area contributed by atoms with Crippen LogP contribution < -0.4 is 0 Å². The molecule has 1 aliphatic carbocycles. The van der Waals surface area contributed by atoms with Crippen molar-refractivity contribution < 1.29 is 17.9 Å². The Morgan fingerprint density at radius 2 is 1.86 bits per heavy atom. The van der Waals surface area contributed by atoms with Crippen LogP contribution >= 0.6 is 0 Å². The maximum atomic E-state index is 11.6. The van der Waals surface area contributed by atoms with Gasteiger partial charge in [-0.3, -0.25) is 4.79 Å². The van der Waals surface area contributed by atoms with E-state index in [9.17, 15) is 13.2 Å². The number of rotatable bonds is 3. The van der Waals surface area contributed by atoms with Gasteiger partial charge in [0.25, 0.3) is 0 Å². The summed E-state index contributed by atoms with van der Waals surface area (Å²) in [6, 6.07) is 0. The molecule has 1 aliphatic rings. The van der Waals surface area contributed by atoms with Crippen molar-refractivity contribution >= 4 is 15.8 Å². The first-order valence-corrected chi connectivity index (χ1v) is 6.70. The monoisotopic (exact) mass is 220 g/mol. The van der Waals surface area contributed by atoms with E-state index in [2.05, 4.69) is 0 Å². The molecule has 14 heavy (non-hydrogen) atoms. The fourth-order valence-electron chi connectivity index (χ4n) is 1.94. The van der Waals surface area contributed by atoms with Gasteiger partial charge in [-0.15, -0.1) is 0 Å². The van der Waals surface area contributed by atoms with Crippen molar-refractivity contribution in [2.75, 3.05) is 12.9 Å². The van der Waals surface area contributed by atoms with Crippen LogP contribution in [0.3, 0.4) is 0 Å². The normalized spacial score (nSPS) is 20.7. The quantitative estimate of drug-likeness (QED) is 0.663. The zero-order valence-corrected chi connectivity index (χ0v) is 9.39. The van der Waals surface area contributed by atoms with E-state index >= 15 is 0 Å². The molecule has 1 fully saturated rings. The van der Waals surface area contributed by atoms with Crippen molar-refractivity contribution in [1.29, 1.82) is 0 Å². The van der Waals surface area contributed by atoms with E-state index in [-0.39, 0.29) is 6.61 Å². The summed E-state index contributed by atoms with van der Waals surface area (Å²) in [5.74, 6) is -0.569. The molecule has 0 unspecified atom stereocenters. The largest absolute Gasteiger partial charge is 0.465 e. The first kappa shape index (κ1) is 11.5. The van der Waals surface area contributed by atoms with E-state index in [0.717, 1.165) is 19.1 Å². The Labute approximate surface area is 84.6 Å². The van der Waals surface area contributed by atoms with E-state index in [1.54, 1.807) is 6.92 Å². The average Bonchev–Trinajstić information content (AvgIpc) is 2.51. The molecule has 5 heteroatoms. The highest BCUT2D eigenvalue weighted by atomic mass is 32.2. The minimum absolute atomic E-state index is 0.232. The average molecular weight is 220 g/mol. The van der Waals surface area contributed by atoms with Gasteiger partial charge in [-0.2, -0.15) is 0 Å². The summed E-state index contributed by atoms with van der Waals surface area (Å²) >= 11 is 0. The van der Waals surface area contributed by atoms with Crippen molar-refractivity contribution in [3.8, 4) is 0 Å². The molecule has 0 amide bonds. The van der Waals surface area contributed by atoms with E-state index < -0.39 is 20.6 Å². The third-order valence-corrected chi connectivity index (χ3v) is 4.76. The van der Waals surface area contributed by atoms with Crippen molar-refractivity contribution in [2.45, 2.75) is 37.4 Å².